The van der Waals surface area contributed by atoms with Crippen LogP contribution in [0.4, 0.5) is 11.4 Å². The van der Waals surface area contributed by atoms with Crippen molar-refractivity contribution in [2.24, 2.45) is 5.92 Å². The van der Waals surface area contributed by atoms with Crippen LogP contribution in [0.5, 0.6) is 0 Å². The second-order valence-corrected chi connectivity index (χ2v) is 7.96. The normalized spacial score (nSPS) is 13.5. The van der Waals surface area contributed by atoms with E-state index in [0.717, 1.165) is 29.8 Å². The SMILES string of the molecule is CC(NC(=O)CCC(=O)N(CCC#N)c1ccccc1)c1ccc(NC(=O)C2CC2)cc1. The molecule has 0 aromatic heterocycles. The number of para-hydroxylation sites is 1. The van der Waals surface area contributed by atoms with Gasteiger partial charge in [-0.05, 0) is 49.6 Å². The van der Waals surface area contributed by atoms with Gasteiger partial charge in [-0.1, -0.05) is 30.3 Å². The van der Waals surface area contributed by atoms with Crippen LogP contribution in [0.15, 0.2) is 54.6 Å². The number of rotatable bonds is 10. The molecule has 1 aliphatic rings. The minimum atomic E-state index is -0.227. The van der Waals surface area contributed by atoms with Gasteiger partial charge in [-0.15, -0.1) is 0 Å². The Bertz CT molecular complexity index is 978. The van der Waals surface area contributed by atoms with Crippen LogP contribution in [0.2, 0.25) is 0 Å². The van der Waals surface area contributed by atoms with E-state index in [1.807, 2.05) is 61.5 Å². The molecule has 2 aromatic rings. The van der Waals surface area contributed by atoms with E-state index in [1.54, 1.807) is 4.90 Å². The number of carbonyl (C=O) groups excluding carboxylic acids is 3. The Morgan fingerprint density at radius 1 is 1.06 bits per heavy atom. The van der Waals surface area contributed by atoms with Crippen molar-refractivity contribution < 1.29 is 14.4 Å². The summed E-state index contributed by atoms with van der Waals surface area (Å²) in [6.07, 6.45) is 2.26. The molecule has 0 aliphatic heterocycles. The molecule has 166 valence electrons. The molecular weight excluding hydrogens is 404 g/mol. The molecule has 0 bridgehead atoms. The van der Waals surface area contributed by atoms with Crippen molar-refractivity contribution in [2.45, 2.75) is 45.1 Å². The number of amides is 3. The molecular formula is C25H28N4O3. The van der Waals surface area contributed by atoms with E-state index >= 15 is 0 Å². The van der Waals surface area contributed by atoms with Crippen molar-refractivity contribution in [1.82, 2.24) is 5.32 Å². The van der Waals surface area contributed by atoms with Gasteiger partial charge in [0, 0.05) is 36.7 Å². The van der Waals surface area contributed by atoms with Crippen LogP contribution in [0.3, 0.4) is 0 Å². The molecule has 1 unspecified atom stereocenters. The highest BCUT2D eigenvalue weighted by Crippen LogP contribution is 2.30. The van der Waals surface area contributed by atoms with Crippen LogP contribution in [0, 0.1) is 17.2 Å². The molecule has 0 heterocycles. The summed E-state index contributed by atoms with van der Waals surface area (Å²) in [4.78, 5) is 38.5. The topological polar surface area (TPSA) is 102 Å². The van der Waals surface area contributed by atoms with Crippen molar-refractivity contribution in [1.29, 1.82) is 5.26 Å². The number of benzene rings is 2. The summed E-state index contributed by atoms with van der Waals surface area (Å²) in [5, 5.41) is 14.7. The van der Waals surface area contributed by atoms with Crippen LogP contribution in [-0.2, 0) is 14.4 Å². The largest absolute Gasteiger partial charge is 0.350 e. The third-order valence-corrected chi connectivity index (χ3v) is 5.39. The van der Waals surface area contributed by atoms with Gasteiger partial charge in [-0.2, -0.15) is 5.26 Å². The summed E-state index contributed by atoms with van der Waals surface area (Å²) in [6.45, 7) is 2.17. The molecule has 7 heteroatoms. The number of hydrogen-bond donors (Lipinski definition) is 2. The van der Waals surface area contributed by atoms with Crippen molar-refractivity contribution in [3.8, 4) is 6.07 Å². The maximum absolute atomic E-state index is 12.7. The average Bonchev–Trinajstić information content (AvgIpc) is 3.65. The van der Waals surface area contributed by atoms with E-state index in [4.69, 9.17) is 5.26 Å². The summed E-state index contributed by atoms with van der Waals surface area (Å²) in [5.74, 6) is -0.202. The minimum absolute atomic E-state index is 0.0584. The number of anilines is 2. The van der Waals surface area contributed by atoms with Crippen LogP contribution in [-0.4, -0.2) is 24.3 Å². The first-order chi connectivity index (χ1) is 15.5. The fourth-order valence-corrected chi connectivity index (χ4v) is 3.36. The lowest BCUT2D eigenvalue weighted by molar-refractivity contribution is -0.125. The minimum Gasteiger partial charge on any atom is -0.350 e. The Balaban J connectivity index is 1.49. The second-order valence-electron chi connectivity index (χ2n) is 7.96. The van der Waals surface area contributed by atoms with E-state index < -0.39 is 0 Å². The monoisotopic (exact) mass is 432 g/mol. The zero-order valence-electron chi connectivity index (χ0n) is 18.2. The Hall–Kier alpha value is -3.66. The third kappa shape index (κ3) is 6.67. The molecule has 2 N–H and O–H groups in total. The van der Waals surface area contributed by atoms with Crippen molar-refractivity contribution in [3.63, 3.8) is 0 Å². The zero-order valence-corrected chi connectivity index (χ0v) is 18.2. The van der Waals surface area contributed by atoms with Crippen LogP contribution < -0.4 is 15.5 Å². The highest BCUT2D eigenvalue weighted by Gasteiger charge is 2.29. The molecule has 0 spiro atoms. The molecule has 32 heavy (non-hydrogen) atoms. The Labute approximate surface area is 188 Å². The molecule has 7 nitrogen and oxygen atoms in total. The number of carbonyl (C=O) groups is 3. The highest BCUT2D eigenvalue weighted by atomic mass is 16.2. The lowest BCUT2D eigenvalue weighted by Crippen LogP contribution is -2.33. The summed E-state index contributed by atoms with van der Waals surface area (Å²) in [6, 6.07) is 18.4. The van der Waals surface area contributed by atoms with E-state index in [1.165, 1.54) is 0 Å². The Kier molecular flexibility index (Phi) is 7.98. The first-order valence-corrected chi connectivity index (χ1v) is 10.9. The van der Waals surface area contributed by atoms with Gasteiger partial charge in [0.2, 0.25) is 17.7 Å². The Morgan fingerprint density at radius 2 is 1.75 bits per heavy atom. The standard InChI is InChI=1S/C25H28N4O3/c1-18(19-10-12-21(13-11-19)28-25(32)20-8-9-20)27-23(30)14-15-24(31)29(17-5-16-26)22-6-3-2-4-7-22/h2-4,6-7,10-13,18,20H,5,8-9,14-15,17H2,1H3,(H,27,30)(H,28,32). The van der Waals surface area contributed by atoms with Gasteiger partial charge in [0.25, 0.3) is 0 Å². The van der Waals surface area contributed by atoms with E-state index in [9.17, 15) is 14.4 Å². The predicted molar refractivity (Wildman–Crippen MR) is 123 cm³/mol. The quantitative estimate of drug-likeness (QED) is 0.594. The van der Waals surface area contributed by atoms with Crippen LogP contribution in [0.1, 0.15) is 50.6 Å². The first kappa shape index (κ1) is 23.0. The number of hydrogen-bond acceptors (Lipinski definition) is 4. The lowest BCUT2D eigenvalue weighted by atomic mass is 10.1. The molecule has 1 atom stereocenters. The third-order valence-electron chi connectivity index (χ3n) is 5.39. The molecule has 2 aromatic carbocycles. The van der Waals surface area contributed by atoms with Gasteiger partial charge < -0.3 is 15.5 Å². The predicted octanol–water partition coefficient (Wildman–Crippen LogP) is 3.94. The van der Waals surface area contributed by atoms with Gasteiger partial charge in [-0.3, -0.25) is 14.4 Å². The highest BCUT2D eigenvalue weighted by molar-refractivity contribution is 5.95. The molecule has 0 radical (unpaired) electrons. The van der Waals surface area contributed by atoms with Gasteiger partial charge in [-0.25, -0.2) is 0 Å². The van der Waals surface area contributed by atoms with Gasteiger partial charge >= 0.3 is 0 Å². The maximum atomic E-state index is 12.7. The lowest BCUT2D eigenvalue weighted by Gasteiger charge is -2.22. The van der Waals surface area contributed by atoms with Gasteiger partial charge in [0.05, 0.1) is 18.5 Å². The van der Waals surface area contributed by atoms with E-state index in [2.05, 4.69) is 16.7 Å². The smallest absolute Gasteiger partial charge is 0.227 e. The second kappa shape index (κ2) is 11.1. The fourth-order valence-electron chi connectivity index (χ4n) is 3.36. The van der Waals surface area contributed by atoms with E-state index in [-0.39, 0.29) is 48.9 Å². The van der Waals surface area contributed by atoms with Crippen molar-refractivity contribution in [3.05, 3.63) is 60.2 Å². The molecule has 1 saturated carbocycles. The van der Waals surface area contributed by atoms with Crippen molar-refractivity contribution in [2.75, 3.05) is 16.8 Å². The van der Waals surface area contributed by atoms with Crippen molar-refractivity contribution >= 4 is 29.1 Å². The van der Waals surface area contributed by atoms with Gasteiger partial charge in [0.15, 0.2) is 0 Å². The first-order valence-electron chi connectivity index (χ1n) is 10.9. The van der Waals surface area contributed by atoms with Crippen LogP contribution >= 0.6 is 0 Å². The zero-order chi connectivity index (χ0) is 22.9. The fraction of sp³-hybridized carbons (Fsp3) is 0.360. The Morgan fingerprint density at radius 3 is 2.38 bits per heavy atom. The number of nitrogens with one attached hydrogen (secondary N) is 2. The molecule has 0 saturated heterocycles. The van der Waals surface area contributed by atoms with Crippen LogP contribution in [0.25, 0.3) is 0 Å². The molecule has 1 fully saturated rings. The molecule has 3 rings (SSSR count). The summed E-state index contributed by atoms with van der Waals surface area (Å²) in [7, 11) is 0. The molecule has 3 amide bonds. The number of nitriles is 1. The summed E-state index contributed by atoms with van der Waals surface area (Å²) >= 11 is 0. The van der Waals surface area contributed by atoms with Gasteiger partial charge in [0.1, 0.15) is 0 Å². The van der Waals surface area contributed by atoms with E-state index in [0.29, 0.717) is 6.54 Å². The summed E-state index contributed by atoms with van der Waals surface area (Å²) < 4.78 is 0. The number of nitrogens with zero attached hydrogens (tertiary/aromatic N) is 2. The molecule has 1 aliphatic carbocycles. The summed E-state index contributed by atoms with van der Waals surface area (Å²) in [5.41, 5.74) is 2.37. The average molecular weight is 433 g/mol. The maximum Gasteiger partial charge on any atom is 0.227 e.